The van der Waals surface area contributed by atoms with Gasteiger partial charge in [0.1, 0.15) is 0 Å². The highest BCUT2D eigenvalue weighted by atomic mass is 35.5. The summed E-state index contributed by atoms with van der Waals surface area (Å²) in [5.41, 5.74) is 6.75. The quantitative estimate of drug-likeness (QED) is 0.723. The van der Waals surface area contributed by atoms with Crippen molar-refractivity contribution >= 4 is 34.8 Å². The summed E-state index contributed by atoms with van der Waals surface area (Å²) in [7, 11) is 0. The molecule has 0 aliphatic heterocycles. The zero-order valence-electron chi connectivity index (χ0n) is 12.4. The summed E-state index contributed by atoms with van der Waals surface area (Å²) in [6.45, 7) is 3.68. The number of nitrogens with one attached hydrogen (secondary N) is 2. The molecule has 1 aromatic rings. The third-order valence-electron chi connectivity index (χ3n) is 2.91. The fourth-order valence-electron chi connectivity index (χ4n) is 1.75. The Morgan fingerprint density at radius 1 is 1.29 bits per heavy atom. The molecule has 1 aromatic carbocycles. The van der Waals surface area contributed by atoms with E-state index in [4.69, 9.17) is 17.3 Å². The normalized spacial score (nSPS) is 11.8. The Hall–Kier alpha value is -1.59. The van der Waals surface area contributed by atoms with E-state index in [0.717, 1.165) is 12.8 Å². The lowest BCUT2D eigenvalue weighted by Crippen LogP contribution is -2.17. The van der Waals surface area contributed by atoms with E-state index in [0.29, 0.717) is 29.2 Å². The van der Waals surface area contributed by atoms with Crippen LogP contribution in [0.3, 0.4) is 0 Å². The topological polar surface area (TPSA) is 84.2 Å². The number of anilines is 2. The Labute approximate surface area is 130 Å². The van der Waals surface area contributed by atoms with Crippen LogP contribution < -0.4 is 16.4 Å². The zero-order valence-corrected chi connectivity index (χ0v) is 13.2. The van der Waals surface area contributed by atoms with Gasteiger partial charge >= 0.3 is 0 Å². The van der Waals surface area contributed by atoms with Crippen molar-refractivity contribution in [2.24, 2.45) is 5.73 Å². The van der Waals surface area contributed by atoms with E-state index in [1.54, 1.807) is 25.1 Å². The van der Waals surface area contributed by atoms with E-state index < -0.39 is 0 Å². The molecule has 116 valence electrons. The van der Waals surface area contributed by atoms with Gasteiger partial charge in [0, 0.05) is 24.6 Å². The second kappa shape index (κ2) is 8.64. The maximum Gasteiger partial charge on any atom is 0.224 e. The Balaban J connectivity index is 2.62. The number of amides is 2. The molecule has 1 rings (SSSR count). The fraction of sp³-hybridized carbons (Fsp3) is 0.467. The molecule has 0 spiro atoms. The van der Waals surface area contributed by atoms with Gasteiger partial charge < -0.3 is 16.4 Å². The summed E-state index contributed by atoms with van der Waals surface area (Å²) in [5.74, 6) is -0.206. The van der Waals surface area contributed by atoms with Crippen LogP contribution in [0.1, 0.15) is 39.5 Å². The Morgan fingerprint density at radius 3 is 2.62 bits per heavy atom. The molecule has 6 heteroatoms. The zero-order chi connectivity index (χ0) is 15.8. The van der Waals surface area contributed by atoms with Gasteiger partial charge in [0.2, 0.25) is 11.8 Å². The van der Waals surface area contributed by atoms with Gasteiger partial charge in [-0.25, -0.2) is 0 Å². The van der Waals surface area contributed by atoms with Crippen LogP contribution in [0.2, 0.25) is 5.02 Å². The number of hydrogen-bond donors (Lipinski definition) is 3. The van der Waals surface area contributed by atoms with Crippen LogP contribution in [-0.2, 0) is 9.59 Å². The van der Waals surface area contributed by atoms with Gasteiger partial charge in [0.15, 0.2) is 0 Å². The van der Waals surface area contributed by atoms with Crippen LogP contribution in [0.25, 0.3) is 0 Å². The molecular weight excluding hydrogens is 290 g/mol. The Morgan fingerprint density at radius 2 is 2.00 bits per heavy atom. The lowest BCUT2D eigenvalue weighted by molar-refractivity contribution is -0.116. The highest BCUT2D eigenvalue weighted by Gasteiger charge is 2.08. The molecule has 0 heterocycles. The molecule has 5 nitrogen and oxygen atoms in total. The minimum absolute atomic E-state index is 0.0912. The van der Waals surface area contributed by atoms with E-state index in [1.165, 1.54) is 0 Å². The smallest absolute Gasteiger partial charge is 0.224 e. The monoisotopic (exact) mass is 311 g/mol. The van der Waals surface area contributed by atoms with E-state index in [-0.39, 0.29) is 17.9 Å². The average Bonchev–Trinajstić information content (AvgIpc) is 2.42. The fourth-order valence-corrected chi connectivity index (χ4v) is 1.91. The van der Waals surface area contributed by atoms with E-state index in [1.807, 2.05) is 6.92 Å². The first-order chi connectivity index (χ1) is 9.92. The number of carbonyl (C=O) groups is 2. The van der Waals surface area contributed by atoms with E-state index in [9.17, 15) is 9.59 Å². The van der Waals surface area contributed by atoms with Crippen molar-refractivity contribution in [3.63, 3.8) is 0 Å². The Bertz CT molecular complexity index is 504. The average molecular weight is 312 g/mol. The van der Waals surface area contributed by atoms with E-state index >= 15 is 0 Å². The number of nitrogens with two attached hydrogens (primary N) is 1. The minimum Gasteiger partial charge on any atom is -0.328 e. The van der Waals surface area contributed by atoms with Crippen molar-refractivity contribution in [2.45, 2.75) is 45.6 Å². The van der Waals surface area contributed by atoms with Crippen molar-refractivity contribution in [3.8, 4) is 0 Å². The highest BCUT2D eigenvalue weighted by molar-refractivity contribution is 6.33. The van der Waals surface area contributed by atoms with Crippen molar-refractivity contribution in [1.82, 2.24) is 0 Å². The predicted molar refractivity (Wildman–Crippen MR) is 86.5 cm³/mol. The summed E-state index contributed by atoms with van der Waals surface area (Å²) in [5, 5.41) is 5.91. The van der Waals surface area contributed by atoms with Crippen LogP contribution in [0.15, 0.2) is 18.2 Å². The summed E-state index contributed by atoms with van der Waals surface area (Å²) < 4.78 is 0. The number of hydrogen-bond acceptors (Lipinski definition) is 3. The molecule has 1 atom stereocenters. The van der Waals surface area contributed by atoms with Crippen LogP contribution >= 0.6 is 11.6 Å². The summed E-state index contributed by atoms with van der Waals surface area (Å²) >= 11 is 6.05. The molecule has 1 unspecified atom stereocenters. The van der Waals surface area contributed by atoms with Crippen molar-refractivity contribution < 1.29 is 9.59 Å². The lowest BCUT2D eigenvalue weighted by atomic mass is 10.1. The van der Waals surface area contributed by atoms with Gasteiger partial charge in [-0.05, 0) is 38.0 Å². The first kappa shape index (κ1) is 17.5. The van der Waals surface area contributed by atoms with E-state index in [2.05, 4.69) is 10.6 Å². The second-order valence-electron chi connectivity index (χ2n) is 5.01. The molecule has 0 fully saturated rings. The molecule has 2 amide bonds. The SMILES string of the molecule is CCC(=O)Nc1ccc(Cl)c(NC(=O)CCCC(C)N)c1. The van der Waals surface area contributed by atoms with Gasteiger partial charge in [-0.3, -0.25) is 9.59 Å². The van der Waals surface area contributed by atoms with Gasteiger partial charge in [0.25, 0.3) is 0 Å². The number of benzene rings is 1. The van der Waals surface area contributed by atoms with Crippen LogP contribution in [0.5, 0.6) is 0 Å². The third kappa shape index (κ3) is 6.60. The molecule has 0 aromatic heterocycles. The van der Waals surface area contributed by atoms with Crippen LogP contribution in [-0.4, -0.2) is 17.9 Å². The molecule has 0 saturated carbocycles. The first-order valence-corrected chi connectivity index (χ1v) is 7.45. The van der Waals surface area contributed by atoms with Crippen LogP contribution in [0.4, 0.5) is 11.4 Å². The van der Waals surface area contributed by atoms with Crippen molar-refractivity contribution in [2.75, 3.05) is 10.6 Å². The van der Waals surface area contributed by atoms with Gasteiger partial charge in [-0.2, -0.15) is 0 Å². The summed E-state index contributed by atoms with van der Waals surface area (Å²) in [6, 6.07) is 5.08. The summed E-state index contributed by atoms with van der Waals surface area (Å²) in [6.07, 6.45) is 2.31. The predicted octanol–water partition coefficient (Wildman–Crippen LogP) is 3.14. The van der Waals surface area contributed by atoms with Gasteiger partial charge in [0.05, 0.1) is 10.7 Å². The maximum atomic E-state index is 11.8. The number of carbonyl (C=O) groups excluding carboxylic acids is 2. The molecule has 0 radical (unpaired) electrons. The van der Waals surface area contributed by atoms with Gasteiger partial charge in [-0.1, -0.05) is 18.5 Å². The summed E-state index contributed by atoms with van der Waals surface area (Å²) in [4.78, 5) is 23.2. The molecule has 0 aliphatic carbocycles. The standard InChI is InChI=1S/C15H22ClN3O2/c1-3-14(20)18-11-7-8-12(16)13(9-11)19-15(21)6-4-5-10(2)17/h7-10H,3-6,17H2,1-2H3,(H,18,20)(H,19,21). The Kier molecular flexibility index (Phi) is 7.19. The molecule has 0 bridgehead atoms. The van der Waals surface area contributed by atoms with Crippen LogP contribution in [0, 0.1) is 0 Å². The highest BCUT2D eigenvalue weighted by Crippen LogP contribution is 2.26. The molecule has 21 heavy (non-hydrogen) atoms. The van der Waals surface area contributed by atoms with Crippen molar-refractivity contribution in [1.29, 1.82) is 0 Å². The van der Waals surface area contributed by atoms with Crippen molar-refractivity contribution in [3.05, 3.63) is 23.2 Å². The number of halogens is 1. The number of rotatable bonds is 7. The third-order valence-corrected chi connectivity index (χ3v) is 3.24. The lowest BCUT2D eigenvalue weighted by Gasteiger charge is -2.10. The van der Waals surface area contributed by atoms with Gasteiger partial charge in [-0.15, -0.1) is 0 Å². The maximum absolute atomic E-state index is 11.8. The first-order valence-electron chi connectivity index (χ1n) is 7.07. The largest absolute Gasteiger partial charge is 0.328 e. The molecule has 4 N–H and O–H groups in total. The molecule has 0 aliphatic rings. The molecular formula is C15H22ClN3O2. The minimum atomic E-state index is -0.114. The molecule has 0 saturated heterocycles. The second-order valence-corrected chi connectivity index (χ2v) is 5.42.